The maximum Gasteiger partial charge on any atom is 0.122 e. The summed E-state index contributed by atoms with van der Waals surface area (Å²) in [7, 11) is 0. The van der Waals surface area contributed by atoms with Gasteiger partial charge >= 0.3 is 0 Å². The standard InChI is InChI=1S/C55H37N3.C55H38N2/c1-4-18-38(19-5-1)55(49-28-14-10-24-43(49)44-25-11-15-29-50(44)55)58-53-31-17-13-27-46(53)48-37-42(33-35-54(48)58)56(39-20-6-2-7-21-39)41-32-34-52-47(36-41)45-26-12-16-30-51(45)57(52)40-22-8-3-9-23-40;1-4-16-39(17-5-1)41-28-32-44(33-29-41)56(45-34-30-42(31-35-45)40-18-6-2-7-19-40)46-36-37-54-50(38-46)49-24-12-15-27-53(49)57(54)55(43-20-8-3-9-21-43)51-25-13-10-22-47(51)48-23-11-14-26-52(48)55/h1-37H;1-38H. The van der Waals surface area contributed by atoms with Gasteiger partial charge in [-0.25, -0.2) is 0 Å². The Kier molecular flexibility index (Phi) is 16.0. The van der Waals surface area contributed by atoms with Crippen LogP contribution in [0.15, 0.2) is 455 Å². The fourth-order valence-electron chi connectivity index (χ4n) is 19.4. The number of hydrogen-bond acceptors (Lipinski definition) is 2. The molecule has 0 saturated heterocycles. The number of anilines is 6. The van der Waals surface area contributed by atoms with Gasteiger partial charge in [0.25, 0.3) is 0 Å². The van der Waals surface area contributed by atoms with E-state index in [1.165, 1.54) is 143 Å². The van der Waals surface area contributed by atoms with Crippen molar-refractivity contribution >= 4 is 99.5 Å². The van der Waals surface area contributed by atoms with Crippen LogP contribution < -0.4 is 9.80 Å². The Morgan fingerprint density at radius 1 is 0.174 bits per heavy atom. The molecule has 3 heterocycles. The minimum Gasteiger partial charge on any atom is -0.322 e. The molecule has 0 saturated carbocycles. The van der Waals surface area contributed by atoms with Gasteiger partial charge in [0.1, 0.15) is 11.1 Å². The van der Waals surface area contributed by atoms with Gasteiger partial charge in [-0.2, -0.15) is 0 Å². The van der Waals surface area contributed by atoms with E-state index in [1.807, 2.05) is 0 Å². The first-order valence-electron chi connectivity index (χ1n) is 39.7. The lowest BCUT2D eigenvalue weighted by atomic mass is 9.80. The molecular formula is C110H75N5. The van der Waals surface area contributed by atoms with Gasteiger partial charge in [-0.15, -0.1) is 0 Å². The normalized spacial score (nSPS) is 12.8. The highest BCUT2D eigenvalue weighted by Crippen LogP contribution is 2.59. The Morgan fingerprint density at radius 3 is 0.826 bits per heavy atom. The molecule has 115 heavy (non-hydrogen) atoms. The number of nitrogens with zero attached hydrogens (tertiary/aromatic N) is 5. The Morgan fingerprint density at radius 2 is 0.426 bits per heavy atom. The number of para-hydroxylation sites is 5. The molecule has 0 spiro atoms. The molecule has 0 N–H and O–H groups in total. The lowest BCUT2D eigenvalue weighted by Gasteiger charge is -2.36. The van der Waals surface area contributed by atoms with Gasteiger partial charge in [-0.05, 0) is 199 Å². The first kappa shape index (κ1) is 66.9. The van der Waals surface area contributed by atoms with Crippen molar-refractivity contribution < 1.29 is 0 Å². The second kappa shape index (κ2) is 27.5. The zero-order chi connectivity index (χ0) is 76.0. The number of fused-ring (bicyclic) bond motifs is 15. The van der Waals surface area contributed by atoms with Crippen LogP contribution in [0.4, 0.5) is 34.1 Å². The maximum absolute atomic E-state index is 2.62. The van der Waals surface area contributed by atoms with Crippen LogP contribution in [0.2, 0.25) is 0 Å². The van der Waals surface area contributed by atoms with Crippen LogP contribution in [0.3, 0.4) is 0 Å². The van der Waals surface area contributed by atoms with Crippen LogP contribution >= 0.6 is 0 Å². The number of rotatable bonds is 13. The van der Waals surface area contributed by atoms with Gasteiger partial charge in [0, 0.05) is 72.1 Å². The Balaban J connectivity index is 0.000000140. The first-order chi connectivity index (χ1) is 57.1. The monoisotopic (exact) mass is 1470 g/mol. The van der Waals surface area contributed by atoms with Crippen molar-refractivity contribution in [3.8, 4) is 50.2 Å². The summed E-state index contributed by atoms with van der Waals surface area (Å²) in [4.78, 5) is 4.80. The molecule has 540 valence electrons. The van der Waals surface area contributed by atoms with E-state index in [0.29, 0.717) is 0 Å². The largest absolute Gasteiger partial charge is 0.322 e. The van der Waals surface area contributed by atoms with E-state index in [1.54, 1.807) is 0 Å². The summed E-state index contributed by atoms with van der Waals surface area (Å²) < 4.78 is 7.62. The molecule has 2 aliphatic rings. The molecule has 0 fully saturated rings. The van der Waals surface area contributed by atoms with Crippen molar-refractivity contribution in [3.05, 3.63) is 488 Å². The molecule has 0 atom stereocenters. The third-order valence-corrected chi connectivity index (χ3v) is 24.1. The van der Waals surface area contributed by atoms with Crippen LogP contribution in [-0.4, -0.2) is 13.7 Å². The maximum atomic E-state index is 2.62. The van der Waals surface area contributed by atoms with Crippen LogP contribution in [0.25, 0.3) is 116 Å². The number of benzene rings is 18. The zero-order valence-corrected chi connectivity index (χ0v) is 63.0. The molecule has 21 aromatic rings. The van der Waals surface area contributed by atoms with E-state index in [0.717, 1.165) is 39.8 Å². The Hall–Kier alpha value is -15.0. The van der Waals surface area contributed by atoms with Gasteiger partial charge in [0.15, 0.2) is 0 Å². The molecule has 18 aromatic carbocycles. The van der Waals surface area contributed by atoms with Crippen LogP contribution in [0, 0.1) is 0 Å². The van der Waals surface area contributed by atoms with Crippen molar-refractivity contribution in [2.45, 2.75) is 11.1 Å². The summed E-state index contributed by atoms with van der Waals surface area (Å²) in [5.41, 5.74) is 31.4. The zero-order valence-electron chi connectivity index (χ0n) is 63.0. The highest BCUT2D eigenvalue weighted by molar-refractivity contribution is 6.14. The van der Waals surface area contributed by atoms with E-state index in [9.17, 15) is 0 Å². The summed E-state index contributed by atoms with van der Waals surface area (Å²) >= 11 is 0. The molecular weight excluding hydrogens is 1390 g/mol. The van der Waals surface area contributed by atoms with Crippen molar-refractivity contribution in [3.63, 3.8) is 0 Å². The summed E-state index contributed by atoms with van der Waals surface area (Å²) in [5.74, 6) is 0. The van der Waals surface area contributed by atoms with Gasteiger partial charge in [-0.3, -0.25) is 0 Å². The first-order valence-corrected chi connectivity index (χ1v) is 39.7. The molecule has 0 unspecified atom stereocenters. The van der Waals surface area contributed by atoms with Crippen LogP contribution in [0.1, 0.15) is 33.4 Å². The average molecular weight is 1470 g/mol. The van der Waals surface area contributed by atoms with Crippen LogP contribution in [-0.2, 0) is 11.1 Å². The lowest BCUT2D eigenvalue weighted by molar-refractivity contribution is 0.564. The van der Waals surface area contributed by atoms with E-state index < -0.39 is 11.1 Å². The molecule has 3 aromatic heterocycles. The minimum atomic E-state index is -0.589. The summed E-state index contributed by atoms with van der Waals surface area (Å²) in [6.45, 7) is 0. The van der Waals surface area contributed by atoms with E-state index >= 15 is 0 Å². The Bertz CT molecular complexity index is 7080. The molecule has 0 aliphatic heterocycles. The molecule has 2 aliphatic carbocycles. The predicted molar refractivity (Wildman–Crippen MR) is 481 cm³/mol. The smallest absolute Gasteiger partial charge is 0.122 e. The molecule has 5 nitrogen and oxygen atoms in total. The second-order valence-electron chi connectivity index (χ2n) is 30.2. The number of hydrogen-bond donors (Lipinski definition) is 0. The summed E-state index contributed by atoms with van der Waals surface area (Å²) in [5, 5.41) is 7.34. The third kappa shape index (κ3) is 10.5. The van der Waals surface area contributed by atoms with Crippen molar-refractivity contribution in [1.82, 2.24) is 13.7 Å². The summed E-state index contributed by atoms with van der Waals surface area (Å²) in [6, 6.07) is 166. The predicted octanol–water partition coefficient (Wildman–Crippen LogP) is 28.6. The summed E-state index contributed by atoms with van der Waals surface area (Å²) in [6.07, 6.45) is 0. The van der Waals surface area contributed by atoms with Crippen molar-refractivity contribution in [2.24, 2.45) is 0 Å². The second-order valence-corrected chi connectivity index (χ2v) is 30.2. The van der Waals surface area contributed by atoms with Crippen molar-refractivity contribution in [1.29, 1.82) is 0 Å². The quantitative estimate of drug-likeness (QED) is 0.115. The van der Waals surface area contributed by atoms with Crippen molar-refractivity contribution in [2.75, 3.05) is 9.80 Å². The SMILES string of the molecule is c1ccc(-c2ccc(N(c3ccc(-c4ccccc4)cc3)c3ccc4c(c3)c3ccccc3n4C3(c4ccccc4)c4ccccc4-c4ccccc43)cc2)cc1.c1ccc(N(c2ccc3c(c2)c2ccccc2n3-c2ccccc2)c2ccc3c(c2)c2ccccc2n3C2(c3ccccc3)c3ccccc3-c3ccccc32)cc1. The molecule has 0 radical (unpaired) electrons. The molecule has 0 amide bonds. The minimum absolute atomic E-state index is 0.586. The molecule has 23 rings (SSSR count). The lowest BCUT2D eigenvalue weighted by Crippen LogP contribution is -2.35. The molecule has 0 bridgehead atoms. The van der Waals surface area contributed by atoms with Gasteiger partial charge in [-0.1, -0.05) is 334 Å². The third-order valence-electron chi connectivity index (χ3n) is 24.1. The highest BCUT2D eigenvalue weighted by Gasteiger charge is 2.49. The molecule has 5 heteroatoms. The van der Waals surface area contributed by atoms with Gasteiger partial charge < -0.3 is 23.5 Å². The van der Waals surface area contributed by atoms with Gasteiger partial charge in [0.05, 0.1) is 33.1 Å². The van der Waals surface area contributed by atoms with E-state index in [4.69, 9.17) is 0 Å². The Labute approximate surface area is 668 Å². The van der Waals surface area contributed by atoms with E-state index in [2.05, 4.69) is 478 Å². The topological polar surface area (TPSA) is 21.3 Å². The van der Waals surface area contributed by atoms with Gasteiger partial charge in [0.2, 0.25) is 0 Å². The highest BCUT2D eigenvalue weighted by atomic mass is 15.2. The fraction of sp³-hybridized carbons (Fsp3) is 0.0182. The fourth-order valence-corrected chi connectivity index (χ4v) is 19.4. The van der Waals surface area contributed by atoms with E-state index in [-0.39, 0.29) is 0 Å². The number of aromatic nitrogens is 3. The average Bonchev–Trinajstić information content (AvgIpc) is 1.52. The van der Waals surface area contributed by atoms with Crippen LogP contribution in [0.5, 0.6) is 0 Å².